The summed E-state index contributed by atoms with van der Waals surface area (Å²) in [5.74, 6) is 0. The minimum Gasteiger partial charge on any atom is -0.399 e. The molecule has 0 bridgehead atoms. The Morgan fingerprint density at radius 1 is 0.440 bits per heavy atom. The van der Waals surface area contributed by atoms with E-state index in [-0.39, 0.29) is 0 Å². The molecule has 1 spiro atoms. The summed E-state index contributed by atoms with van der Waals surface area (Å²) < 4.78 is 12.9. The predicted molar refractivity (Wildman–Crippen MR) is 212 cm³/mol. The van der Waals surface area contributed by atoms with Gasteiger partial charge in [-0.05, 0) is 112 Å². The highest BCUT2D eigenvalue weighted by molar-refractivity contribution is 6.88. The van der Waals surface area contributed by atoms with Gasteiger partial charge in [0.1, 0.15) is 0 Å². The van der Waals surface area contributed by atoms with Crippen LogP contribution in [0.5, 0.6) is 0 Å². The molecule has 246 valence electrons. The Hall–Kier alpha value is -4.48. The van der Waals surface area contributed by atoms with Crippen molar-refractivity contribution in [2.75, 3.05) is 0 Å². The number of hydrogen-bond donors (Lipinski definition) is 0. The van der Waals surface area contributed by atoms with Crippen molar-refractivity contribution in [1.29, 1.82) is 0 Å². The van der Waals surface area contributed by atoms with Crippen LogP contribution in [0.1, 0.15) is 49.9 Å². The van der Waals surface area contributed by atoms with E-state index in [0.717, 1.165) is 11.0 Å². The third kappa shape index (κ3) is 4.48. The van der Waals surface area contributed by atoms with Gasteiger partial charge in [0.15, 0.2) is 0 Å². The van der Waals surface area contributed by atoms with E-state index >= 15 is 0 Å². The second kappa shape index (κ2) is 10.8. The number of fused-ring (bicyclic) bond motifs is 10. The monoisotopic (exact) mass is 666 g/mol. The van der Waals surface area contributed by atoms with Crippen molar-refractivity contribution in [3.8, 4) is 44.5 Å². The quantitative estimate of drug-likeness (QED) is 0.174. The Bertz CT molecular complexity index is 2270. The van der Waals surface area contributed by atoms with Crippen LogP contribution in [0.4, 0.5) is 0 Å². The molecule has 1 saturated heterocycles. The van der Waals surface area contributed by atoms with Crippen LogP contribution >= 0.6 is 0 Å². The zero-order valence-electron chi connectivity index (χ0n) is 30.1. The van der Waals surface area contributed by atoms with Crippen molar-refractivity contribution in [2.45, 2.75) is 64.0 Å². The molecule has 0 amide bonds. The third-order valence-corrected chi connectivity index (χ3v) is 14.0. The highest BCUT2D eigenvalue weighted by atomic mass is 28.3. The number of rotatable bonds is 4. The Morgan fingerprint density at radius 2 is 0.900 bits per heavy atom. The second-order valence-electron chi connectivity index (χ2n) is 16.4. The Labute approximate surface area is 298 Å². The van der Waals surface area contributed by atoms with Crippen LogP contribution < -0.4 is 10.6 Å². The Kier molecular flexibility index (Phi) is 6.78. The SMILES string of the molecule is CC1(C)OB(c2cccc(-c3ccc4c(c3)C3(c5ccccc5-c5ccccc53)c3cc(-c5ccc([Si](C)(C)C)cc5)ccc3-4)c2)OC1(C)C. The molecular formula is C46H43BO2Si. The van der Waals surface area contributed by atoms with Crippen LogP contribution in [0, 0.1) is 0 Å². The first kappa shape index (κ1) is 31.5. The van der Waals surface area contributed by atoms with Gasteiger partial charge in [0.05, 0.1) is 24.7 Å². The van der Waals surface area contributed by atoms with Gasteiger partial charge in [0.25, 0.3) is 0 Å². The average Bonchev–Trinajstić information content (AvgIpc) is 3.66. The number of benzene rings is 6. The van der Waals surface area contributed by atoms with E-state index in [2.05, 4.69) is 181 Å². The fourth-order valence-electron chi connectivity index (χ4n) is 8.51. The highest BCUT2D eigenvalue weighted by Crippen LogP contribution is 2.63. The van der Waals surface area contributed by atoms with Crippen molar-refractivity contribution in [3.05, 3.63) is 156 Å². The maximum absolute atomic E-state index is 6.46. The lowest BCUT2D eigenvalue weighted by molar-refractivity contribution is 0.00578. The summed E-state index contributed by atoms with van der Waals surface area (Å²) in [7, 11) is -1.80. The molecule has 0 radical (unpaired) electrons. The van der Waals surface area contributed by atoms with Gasteiger partial charge in [0, 0.05) is 0 Å². The average molecular weight is 667 g/mol. The van der Waals surface area contributed by atoms with Gasteiger partial charge in [-0.3, -0.25) is 0 Å². The van der Waals surface area contributed by atoms with Gasteiger partial charge in [-0.2, -0.15) is 0 Å². The Morgan fingerprint density at radius 3 is 1.44 bits per heavy atom. The molecular weight excluding hydrogens is 623 g/mol. The van der Waals surface area contributed by atoms with E-state index in [9.17, 15) is 0 Å². The van der Waals surface area contributed by atoms with Crippen molar-refractivity contribution in [1.82, 2.24) is 0 Å². The summed E-state index contributed by atoms with van der Waals surface area (Å²) in [6, 6.07) is 50.4. The van der Waals surface area contributed by atoms with E-state index in [4.69, 9.17) is 9.31 Å². The fraction of sp³-hybridized carbons (Fsp3) is 0.217. The molecule has 6 aromatic carbocycles. The van der Waals surface area contributed by atoms with Gasteiger partial charge >= 0.3 is 7.12 Å². The lowest BCUT2D eigenvalue weighted by Gasteiger charge is -2.32. The van der Waals surface area contributed by atoms with Crippen LogP contribution in [0.3, 0.4) is 0 Å². The molecule has 2 aliphatic carbocycles. The van der Waals surface area contributed by atoms with E-state index in [0.29, 0.717) is 0 Å². The lowest BCUT2D eigenvalue weighted by atomic mass is 9.70. The maximum atomic E-state index is 6.46. The summed E-state index contributed by atoms with van der Waals surface area (Å²) in [5.41, 5.74) is 15.4. The molecule has 0 saturated carbocycles. The van der Waals surface area contributed by atoms with E-state index < -0.39 is 31.8 Å². The summed E-state index contributed by atoms with van der Waals surface area (Å²) in [6.07, 6.45) is 0. The minimum absolute atomic E-state index is 0.391. The summed E-state index contributed by atoms with van der Waals surface area (Å²) in [5, 5.41) is 1.49. The fourth-order valence-corrected chi connectivity index (χ4v) is 9.67. The van der Waals surface area contributed by atoms with Crippen LogP contribution in [-0.2, 0) is 14.7 Å². The third-order valence-electron chi connectivity index (χ3n) is 11.9. The molecule has 1 heterocycles. The summed E-state index contributed by atoms with van der Waals surface area (Å²) in [4.78, 5) is 0. The topological polar surface area (TPSA) is 18.5 Å². The van der Waals surface area contributed by atoms with E-state index in [1.165, 1.54) is 66.4 Å². The lowest BCUT2D eigenvalue weighted by Crippen LogP contribution is -2.41. The predicted octanol–water partition coefficient (Wildman–Crippen LogP) is 10.2. The molecule has 6 aromatic rings. The highest BCUT2D eigenvalue weighted by Gasteiger charge is 2.53. The molecule has 9 rings (SSSR count). The number of hydrogen-bond acceptors (Lipinski definition) is 2. The first-order chi connectivity index (χ1) is 23.9. The first-order valence-electron chi connectivity index (χ1n) is 17.9. The largest absolute Gasteiger partial charge is 0.494 e. The van der Waals surface area contributed by atoms with Crippen LogP contribution in [0.25, 0.3) is 44.5 Å². The van der Waals surface area contributed by atoms with Crippen molar-refractivity contribution >= 4 is 25.8 Å². The minimum atomic E-state index is -1.39. The molecule has 0 unspecified atom stereocenters. The second-order valence-corrected chi connectivity index (χ2v) is 21.5. The summed E-state index contributed by atoms with van der Waals surface area (Å²) in [6.45, 7) is 15.7. The molecule has 2 nitrogen and oxygen atoms in total. The van der Waals surface area contributed by atoms with Crippen molar-refractivity contribution in [2.24, 2.45) is 0 Å². The molecule has 3 aliphatic rings. The smallest absolute Gasteiger partial charge is 0.399 e. The normalized spacial score (nSPS) is 17.4. The molecule has 4 heteroatoms. The zero-order valence-corrected chi connectivity index (χ0v) is 31.1. The van der Waals surface area contributed by atoms with Crippen molar-refractivity contribution in [3.63, 3.8) is 0 Å². The zero-order chi connectivity index (χ0) is 34.6. The van der Waals surface area contributed by atoms with Gasteiger partial charge in [-0.15, -0.1) is 0 Å². The summed E-state index contributed by atoms with van der Waals surface area (Å²) >= 11 is 0. The molecule has 1 fully saturated rings. The van der Waals surface area contributed by atoms with Gasteiger partial charge in [-0.1, -0.05) is 146 Å². The molecule has 50 heavy (non-hydrogen) atoms. The van der Waals surface area contributed by atoms with Crippen molar-refractivity contribution < 1.29 is 9.31 Å². The Balaban J connectivity index is 1.23. The van der Waals surface area contributed by atoms with Gasteiger partial charge < -0.3 is 9.31 Å². The van der Waals surface area contributed by atoms with Gasteiger partial charge in [-0.25, -0.2) is 0 Å². The van der Waals surface area contributed by atoms with E-state index in [1.54, 1.807) is 0 Å². The van der Waals surface area contributed by atoms with Crippen LogP contribution in [0.15, 0.2) is 133 Å². The van der Waals surface area contributed by atoms with E-state index in [1.807, 2.05) is 0 Å². The molecule has 1 aliphatic heterocycles. The standard InChI is InChI=1S/C46H43BO2Si/c1-44(2)45(3,4)49-47(48-44)34-14-12-13-31(27-34)33-22-26-39-38-25-21-32(30-19-23-35(24-20-30)50(5,6)7)28-42(38)46(43(39)29-33)40-17-10-8-15-36(40)37-16-9-11-18-41(37)46/h8-29H,1-7H3. The van der Waals surface area contributed by atoms with Gasteiger partial charge in [0.2, 0.25) is 0 Å². The first-order valence-corrected chi connectivity index (χ1v) is 21.4. The molecule has 0 atom stereocenters. The molecule has 0 aromatic heterocycles. The van der Waals surface area contributed by atoms with Crippen LogP contribution in [0.2, 0.25) is 19.6 Å². The molecule has 0 N–H and O–H groups in total. The maximum Gasteiger partial charge on any atom is 0.494 e. The van der Waals surface area contributed by atoms with Crippen LogP contribution in [-0.4, -0.2) is 26.4 Å².